The molecule has 0 aliphatic heterocycles. The molecule has 4 rings (SSSR count). The Bertz CT molecular complexity index is 1160. The van der Waals surface area contributed by atoms with Crippen LogP contribution in [0.25, 0.3) is 5.69 Å². The molecule has 33 heavy (non-hydrogen) atoms. The number of tetrazole rings is 1. The number of aliphatic hydroxyl groups excluding tert-OH is 1. The van der Waals surface area contributed by atoms with E-state index < -0.39 is 6.10 Å². The summed E-state index contributed by atoms with van der Waals surface area (Å²) in [4.78, 5) is 0. The number of rotatable bonds is 10. The Morgan fingerprint density at radius 1 is 1.00 bits per heavy atom. The third-order valence-electron chi connectivity index (χ3n) is 5.25. The molecule has 0 spiro atoms. The van der Waals surface area contributed by atoms with E-state index in [0.717, 1.165) is 16.8 Å². The molecule has 1 heterocycles. The summed E-state index contributed by atoms with van der Waals surface area (Å²) in [6.45, 7) is 3.26. The smallest absolute Gasteiger partial charge is 0.194 e. The molecule has 2 N–H and O–H groups in total. The van der Waals surface area contributed by atoms with Crippen LogP contribution in [0.3, 0.4) is 0 Å². The summed E-state index contributed by atoms with van der Waals surface area (Å²) >= 11 is 0. The third kappa shape index (κ3) is 5.74. The Hall–Kier alpha value is -3.75. The summed E-state index contributed by atoms with van der Waals surface area (Å²) in [6.07, 6.45) is -0.560. The molecular formula is C25H27N5O3. The molecule has 1 aromatic heterocycles. The number of methoxy groups -OCH3 is 1. The van der Waals surface area contributed by atoms with Crippen molar-refractivity contribution in [1.82, 2.24) is 25.5 Å². The minimum Gasteiger partial charge on any atom is -0.493 e. The van der Waals surface area contributed by atoms with Gasteiger partial charge < -0.3 is 19.9 Å². The van der Waals surface area contributed by atoms with E-state index in [1.807, 2.05) is 79.7 Å². The maximum Gasteiger partial charge on any atom is 0.194 e. The van der Waals surface area contributed by atoms with E-state index in [1.165, 1.54) is 5.56 Å². The molecule has 0 saturated carbocycles. The van der Waals surface area contributed by atoms with E-state index in [0.29, 0.717) is 30.4 Å². The van der Waals surface area contributed by atoms with E-state index in [9.17, 15) is 5.11 Å². The van der Waals surface area contributed by atoms with Gasteiger partial charge in [-0.15, -0.1) is 5.10 Å². The van der Waals surface area contributed by atoms with Gasteiger partial charge in [-0.25, -0.2) is 0 Å². The molecule has 8 heteroatoms. The van der Waals surface area contributed by atoms with Gasteiger partial charge >= 0.3 is 0 Å². The third-order valence-corrected chi connectivity index (χ3v) is 5.25. The fourth-order valence-corrected chi connectivity index (χ4v) is 3.41. The average Bonchev–Trinajstić information content (AvgIpc) is 3.32. The Balaban J connectivity index is 1.36. The zero-order chi connectivity index (χ0) is 23.0. The van der Waals surface area contributed by atoms with Gasteiger partial charge in [0.25, 0.3) is 0 Å². The molecule has 0 bridgehead atoms. The molecule has 8 nitrogen and oxygen atoms in total. The van der Waals surface area contributed by atoms with Crippen molar-refractivity contribution in [2.45, 2.75) is 26.2 Å². The number of hydrogen-bond acceptors (Lipinski definition) is 7. The zero-order valence-corrected chi connectivity index (χ0v) is 18.7. The maximum absolute atomic E-state index is 10.3. The minimum atomic E-state index is -0.560. The number of nitrogens with zero attached hydrogens (tertiary/aromatic N) is 4. The van der Waals surface area contributed by atoms with Crippen LogP contribution in [-0.4, -0.2) is 39.0 Å². The zero-order valence-electron chi connectivity index (χ0n) is 18.7. The van der Waals surface area contributed by atoms with Crippen LogP contribution in [0.4, 0.5) is 0 Å². The van der Waals surface area contributed by atoms with E-state index in [1.54, 1.807) is 11.8 Å². The van der Waals surface area contributed by atoms with Crippen LogP contribution < -0.4 is 14.8 Å². The molecule has 0 radical (unpaired) electrons. The SMILES string of the molecule is COc1cc(CNC[C@@H](O)c2ccccc2)ccc1OCc1nnnn1-c1ccc(C)cc1. The predicted octanol–water partition coefficient (Wildman–Crippen LogP) is 3.38. The van der Waals surface area contributed by atoms with E-state index >= 15 is 0 Å². The lowest BCUT2D eigenvalue weighted by molar-refractivity contribution is 0.174. The van der Waals surface area contributed by atoms with Gasteiger partial charge in [0.15, 0.2) is 23.9 Å². The molecule has 3 aromatic carbocycles. The number of ether oxygens (including phenoxy) is 2. The molecule has 0 fully saturated rings. The highest BCUT2D eigenvalue weighted by molar-refractivity contribution is 5.43. The lowest BCUT2D eigenvalue weighted by atomic mass is 10.1. The van der Waals surface area contributed by atoms with Crippen molar-refractivity contribution in [2.75, 3.05) is 13.7 Å². The highest BCUT2D eigenvalue weighted by atomic mass is 16.5. The van der Waals surface area contributed by atoms with Crippen molar-refractivity contribution < 1.29 is 14.6 Å². The molecule has 0 amide bonds. The van der Waals surface area contributed by atoms with Crippen LogP contribution in [-0.2, 0) is 13.2 Å². The van der Waals surface area contributed by atoms with Crippen molar-refractivity contribution in [3.8, 4) is 17.2 Å². The van der Waals surface area contributed by atoms with Gasteiger partial charge in [-0.3, -0.25) is 0 Å². The van der Waals surface area contributed by atoms with Gasteiger partial charge in [-0.2, -0.15) is 4.68 Å². The standard InChI is InChI=1S/C25H27N5O3/c1-18-8-11-21(12-9-18)30-25(27-28-29-30)17-33-23-13-10-19(14-24(23)32-2)15-26-16-22(31)20-6-4-3-5-7-20/h3-14,22,26,31H,15-17H2,1-2H3/t22-/m1/s1. The highest BCUT2D eigenvalue weighted by Gasteiger charge is 2.12. The van der Waals surface area contributed by atoms with Gasteiger partial charge in [0, 0.05) is 13.1 Å². The van der Waals surface area contributed by atoms with E-state index in [-0.39, 0.29) is 6.61 Å². The van der Waals surface area contributed by atoms with Crippen LogP contribution in [0.5, 0.6) is 11.5 Å². The average molecular weight is 446 g/mol. The van der Waals surface area contributed by atoms with E-state index in [4.69, 9.17) is 9.47 Å². The number of aryl methyl sites for hydroxylation is 1. The molecule has 170 valence electrons. The lowest BCUT2D eigenvalue weighted by Crippen LogP contribution is -2.21. The molecule has 0 saturated heterocycles. The molecule has 0 unspecified atom stereocenters. The molecule has 0 aliphatic rings. The number of benzene rings is 3. The van der Waals surface area contributed by atoms with Crippen molar-refractivity contribution in [1.29, 1.82) is 0 Å². The van der Waals surface area contributed by atoms with Crippen LogP contribution in [0.15, 0.2) is 72.8 Å². The highest BCUT2D eigenvalue weighted by Crippen LogP contribution is 2.29. The van der Waals surface area contributed by atoms with Crippen LogP contribution in [0, 0.1) is 6.92 Å². The maximum atomic E-state index is 10.3. The second-order valence-corrected chi connectivity index (χ2v) is 7.67. The predicted molar refractivity (Wildman–Crippen MR) is 124 cm³/mol. The Morgan fingerprint density at radius 2 is 1.79 bits per heavy atom. The van der Waals surface area contributed by atoms with Gasteiger partial charge in [-0.1, -0.05) is 54.1 Å². The number of aromatic nitrogens is 4. The Kier molecular flexibility index (Phi) is 7.29. The summed E-state index contributed by atoms with van der Waals surface area (Å²) in [5, 5.41) is 25.5. The minimum absolute atomic E-state index is 0.193. The van der Waals surface area contributed by atoms with Gasteiger partial charge in [0.05, 0.1) is 18.9 Å². The topological polar surface area (TPSA) is 94.3 Å². The first-order valence-corrected chi connectivity index (χ1v) is 10.7. The first kappa shape index (κ1) is 22.4. The van der Waals surface area contributed by atoms with Crippen molar-refractivity contribution in [3.63, 3.8) is 0 Å². The first-order valence-electron chi connectivity index (χ1n) is 10.7. The quantitative estimate of drug-likeness (QED) is 0.386. The van der Waals surface area contributed by atoms with Gasteiger partial charge in [-0.05, 0) is 52.7 Å². The number of nitrogens with one attached hydrogen (secondary N) is 1. The fourth-order valence-electron chi connectivity index (χ4n) is 3.41. The summed E-state index contributed by atoms with van der Waals surface area (Å²) in [5.74, 6) is 1.80. The number of aliphatic hydroxyl groups is 1. The van der Waals surface area contributed by atoms with Crippen molar-refractivity contribution in [2.24, 2.45) is 0 Å². The second kappa shape index (κ2) is 10.7. The summed E-state index contributed by atoms with van der Waals surface area (Å²) in [6, 6.07) is 23.3. The van der Waals surface area contributed by atoms with Crippen LogP contribution in [0.1, 0.15) is 28.6 Å². The van der Waals surface area contributed by atoms with Crippen molar-refractivity contribution >= 4 is 0 Å². The molecule has 4 aromatic rings. The van der Waals surface area contributed by atoms with Crippen LogP contribution >= 0.6 is 0 Å². The normalized spacial score (nSPS) is 11.8. The largest absolute Gasteiger partial charge is 0.493 e. The summed E-state index contributed by atoms with van der Waals surface area (Å²) in [7, 11) is 1.61. The molecule has 0 aliphatic carbocycles. The Morgan fingerprint density at radius 3 is 2.55 bits per heavy atom. The monoisotopic (exact) mass is 445 g/mol. The number of hydrogen-bond donors (Lipinski definition) is 2. The van der Waals surface area contributed by atoms with Crippen LogP contribution in [0.2, 0.25) is 0 Å². The lowest BCUT2D eigenvalue weighted by Gasteiger charge is -2.14. The molecular weight excluding hydrogens is 418 g/mol. The van der Waals surface area contributed by atoms with Crippen molar-refractivity contribution in [3.05, 3.63) is 95.3 Å². The molecule has 1 atom stereocenters. The summed E-state index contributed by atoms with van der Waals surface area (Å²) < 4.78 is 13.1. The summed E-state index contributed by atoms with van der Waals surface area (Å²) in [5.41, 5.74) is 3.94. The Labute approximate surface area is 192 Å². The second-order valence-electron chi connectivity index (χ2n) is 7.67. The first-order chi connectivity index (χ1) is 16.1. The van der Waals surface area contributed by atoms with Gasteiger partial charge in [0.1, 0.15) is 0 Å². The van der Waals surface area contributed by atoms with Gasteiger partial charge in [0.2, 0.25) is 0 Å². The fraction of sp³-hybridized carbons (Fsp3) is 0.240. The van der Waals surface area contributed by atoms with E-state index in [2.05, 4.69) is 20.8 Å².